The van der Waals surface area contributed by atoms with Crippen LogP contribution in [0.4, 0.5) is 0 Å². The summed E-state index contributed by atoms with van der Waals surface area (Å²) in [5.41, 5.74) is -4.17. The Balaban J connectivity index is 1.27. The Morgan fingerprint density at radius 1 is 0.937 bits per heavy atom. The van der Waals surface area contributed by atoms with Crippen molar-refractivity contribution in [2.24, 2.45) is 28.8 Å². The Bertz CT molecular complexity index is 2430. The molecular weight excluding hydrogens is 1030 g/mol. The number of aryl methyl sites for hydroxylation is 2. The Kier molecular flexibility index (Phi) is 23.4. The molecule has 2 aromatic rings. The Hall–Kier alpha value is -4.17. The van der Waals surface area contributed by atoms with Gasteiger partial charge in [0.2, 0.25) is 5.43 Å². The number of nitrogens with zero attached hydrogens (tertiary/aromatic N) is 3. The number of carbonyl (C=O) groups excluding carboxylic acids is 2. The van der Waals surface area contributed by atoms with Crippen LogP contribution < -0.4 is 10.7 Å². The minimum atomic E-state index is -2.03. The van der Waals surface area contributed by atoms with Gasteiger partial charge in [0, 0.05) is 75.2 Å². The zero-order chi connectivity index (χ0) is 58.9. The van der Waals surface area contributed by atoms with Gasteiger partial charge >= 0.3 is 17.9 Å². The molecule has 448 valence electrons. The number of oxime groups is 1. The van der Waals surface area contributed by atoms with E-state index in [-0.39, 0.29) is 49.1 Å². The molecular formula is C57H92N4O18. The third-order valence-corrected chi connectivity index (χ3v) is 16.6. The van der Waals surface area contributed by atoms with Gasteiger partial charge in [0.05, 0.1) is 66.3 Å². The first-order valence-electron chi connectivity index (χ1n) is 28.0. The second-order valence-corrected chi connectivity index (χ2v) is 23.1. The molecule has 3 aliphatic rings. The number of aromatic nitrogens is 1. The molecule has 0 unspecified atom stereocenters. The zero-order valence-electron chi connectivity index (χ0n) is 48.9. The van der Waals surface area contributed by atoms with Gasteiger partial charge < -0.3 is 83.4 Å². The molecule has 7 N–H and O–H groups in total. The lowest BCUT2D eigenvalue weighted by Crippen LogP contribution is -2.61. The summed E-state index contributed by atoms with van der Waals surface area (Å²) in [5.74, 6) is -6.33. The molecule has 22 heteroatoms. The number of hydrogen-bond acceptors (Lipinski definition) is 20. The Morgan fingerprint density at radius 3 is 2.25 bits per heavy atom. The van der Waals surface area contributed by atoms with Gasteiger partial charge in [-0.15, -0.1) is 0 Å². The molecule has 3 saturated heterocycles. The number of benzene rings is 1. The third-order valence-electron chi connectivity index (χ3n) is 16.6. The van der Waals surface area contributed by atoms with E-state index in [2.05, 4.69) is 10.5 Å². The molecule has 4 heterocycles. The predicted molar refractivity (Wildman–Crippen MR) is 292 cm³/mol. The smallest absolute Gasteiger partial charge is 0.341 e. The van der Waals surface area contributed by atoms with Gasteiger partial charge in [0.25, 0.3) is 0 Å². The summed E-state index contributed by atoms with van der Waals surface area (Å²) in [6.07, 6.45) is -7.65. The maximum atomic E-state index is 14.5. The molecule has 5 rings (SSSR count). The number of carboxylic acids is 1. The van der Waals surface area contributed by atoms with E-state index in [0.29, 0.717) is 63.0 Å². The van der Waals surface area contributed by atoms with E-state index >= 15 is 0 Å². The van der Waals surface area contributed by atoms with E-state index in [1.54, 1.807) is 59.1 Å². The molecule has 18 atom stereocenters. The van der Waals surface area contributed by atoms with Crippen LogP contribution in [0.5, 0.6) is 0 Å². The van der Waals surface area contributed by atoms with Crippen molar-refractivity contribution < 1.29 is 83.0 Å². The van der Waals surface area contributed by atoms with Gasteiger partial charge in [-0.05, 0) is 112 Å². The van der Waals surface area contributed by atoms with Crippen molar-refractivity contribution in [2.45, 2.75) is 212 Å². The number of carbonyl (C=O) groups is 3. The standard InChI is InChI=1S/C57H92N4O18/c1-15-42-57(11,70)49(65)33(5)45(59-71)31(3)28-55(9,69)50(79-54-47(64)41(60(12)13)26-32(4)74-54)34(6)48(35(7)53(68)76-42)78-44-29-56(10,72-14)51(36(8)75-44)77-43(62)21-22-58-23-25-73-24-17-18-37-19-20-40-38(27-37)46(63)39(52(66)67)30-61(40)16-2/h19-20,27,30-36,41-42,44,47-51,54,58,64-65,69-71H,15-18,21-26,28-29H2,1-14H3,(H,66,67)/b59-45+/t31-,32+,33+,34+,35-,36+,41-,42-,44+,47+,48+,49-,50-,51+,54-,55-,56-,57-/m1/s1. The second kappa shape index (κ2) is 28.2. The predicted octanol–water partition coefficient (Wildman–Crippen LogP) is 4.26. The van der Waals surface area contributed by atoms with Crippen molar-refractivity contribution in [3.8, 4) is 0 Å². The molecule has 1 aromatic heterocycles. The van der Waals surface area contributed by atoms with Crippen molar-refractivity contribution in [2.75, 3.05) is 47.5 Å². The van der Waals surface area contributed by atoms with Crippen LogP contribution in [0.1, 0.15) is 131 Å². The number of aliphatic hydroxyl groups excluding tert-OH is 2. The van der Waals surface area contributed by atoms with Crippen molar-refractivity contribution in [1.29, 1.82) is 0 Å². The SMILES string of the molecule is CC[C@H]1OC(=O)[C@H](C)[C@@H](O[C@H]2C[C@@](C)(OC)[C@@H](OC(=O)CCNCCOCCCc3ccc4c(c3)c(=O)c(C(=O)O)cn4CC)[C@H](C)O2)[C@H](C)[C@@H](O[C@H]2O[C@@H](C)C[C@@H](N(C)C)[C@@H]2O)[C@](C)(O)C[C@@H](C)/C(=N\O)[C@H](C)[C@@H](O)[C@]1(C)O. The molecule has 79 heavy (non-hydrogen) atoms. The fraction of sp³-hybridized carbons (Fsp3) is 0.772. The minimum absolute atomic E-state index is 0.00947. The van der Waals surface area contributed by atoms with Crippen LogP contribution in [0.2, 0.25) is 0 Å². The quantitative estimate of drug-likeness (QED) is 0.0422. The zero-order valence-corrected chi connectivity index (χ0v) is 48.9. The lowest BCUT2D eigenvalue weighted by atomic mass is 9.73. The summed E-state index contributed by atoms with van der Waals surface area (Å²) >= 11 is 0. The Labute approximate surface area is 465 Å². The lowest BCUT2D eigenvalue weighted by molar-refractivity contribution is -0.318. The molecule has 0 bridgehead atoms. The summed E-state index contributed by atoms with van der Waals surface area (Å²) in [6.45, 7) is 20.5. The lowest BCUT2D eigenvalue weighted by Gasteiger charge is -2.49. The monoisotopic (exact) mass is 1120 g/mol. The molecule has 0 spiro atoms. The van der Waals surface area contributed by atoms with Crippen LogP contribution in [0, 0.1) is 23.7 Å². The van der Waals surface area contributed by atoms with Crippen LogP contribution in [0.15, 0.2) is 34.3 Å². The van der Waals surface area contributed by atoms with Crippen molar-refractivity contribution in [1.82, 2.24) is 14.8 Å². The number of aliphatic hydroxyl groups is 4. The highest BCUT2D eigenvalue weighted by Gasteiger charge is 2.54. The Morgan fingerprint density at radius 2 is 1.63 bits per heavy atom. The van der Waals surface area contributed by atoms with Crippen LogP contribution in [-0.2, 0) is 60.4 Å². The summed E-state index contributed by atoms with van der Waals surface area (Å²) in [6, 6.07) is 5.14. The number of methoxy groups -OCH3 is 1. The molecule has 0 saturated carbocycles. The fourth-order valence-corrected chi connectivity index (χ4v) is 12.0. The molecule has 3 fully saturated rings. The summed E-state index contributed by atoms with van der Waals surface area (Å²) in [4.78, 5) is 54.4. The highest BCUT2D eigenvalue weighted by molar-refractivity contribution is 5.92. The average Bonchev–Trinajstić information content (AvgIpc) is 3.45. The first-order chi connectivity index (χ1) is 37.1. The number of nitrogens with one attached hydrogen (secondary N) is 1. The van der Waals surface area contributed by atoms with Gasteiger partial charge in [-0.25, -0.2) is 4.79 Å². The number of hydrogen-bond donors (Lipinski definition) is 7. The second-order valence-electron chi connectivity index (χ2n) is 23.1. The normalized spacial score (nSPS) is 36.7. The van der Waals surface area contributed by atoms with Crippen LogP contribution in [-0.4, -0.2) is 196 Å². The maximum absolute atomic E-state index is 14.5. The highest BCUT2D eigenvalue weighted by Crippen LogP contribution is 2.42. The van der Waals surface area contributed by atoms with E-state index in [9.17, 15) is 49.9 Å². The number of pyridine rings is 1. The first kappa shape index (κ1) is 65.6. The summed E-state index contributed by atoms with van der Waals surface area (Å²) < 4.78 is 52.1. The molecule has 22 nitrogen and oxygen atoms in total. The number of cyclic esters (lactones) is 1. The number of fused-ring (bicyclic) bond motifs is 1. The van der Waals surface area contributed by atoms with Gasteiger partial charge in [0.1, 0.15) is 29.0 Å². The minimum Gasteiger partial charge on any atom is -0.477 e. The van der Waals surface area contributed by atoms with Crippen molar-refractivity contribution in [3.63, 3.8) is 0 Å². The fourth-order valence-electron chi connectivity index (χ4n) is 12.0. The molecule has 0 radical (unpaired) electrons. The van der Waals surface area contributed by atoms with E-state index in [1.807, 2.05) is 45.0 Å². The van der Waals surface area contributed by atoms with Crippen molar-refractivity contribution in [3.05, 3.63) is 45.7 Å². The summed E-state index contributed by atoms with van der Waals surface area (Å²) in [7, 11) is 5.16. The number of ether oxygens (including phenoxy) is 8. The van der Waals surface area contributed by atoms with Crippen LogP contribution in [0.3, 0.4) is 0 Å². The van der Waals surface area contributed by atoms with E-state index in [1.165, 1.54) is 27.2 Å². The number of likely N-dealkylation sites (N-methyl/N-ethyl adjacent to an activating group) is 1. The van der Waals surface area contributed by atoms with E-state index < -0.39 is 119 Å². The number of rotatable bonds is 20. The third kappa shape index (κ3) is 15.7. The van der Waals surface area contributed by atoms with Gasteiger partial charge in [-0.2, -0.15) is 0 Å². The van der Waals surface area contributed by atoms with Gasteiger partial charge in [-0.3, -0.25) is 14.4 Å². The first-order valence-corrected chi connectivity index (χ1v) is 28.0. The number of carboxylic acid groups (broad SMARTS) is 1. The number of aromatic carboxylic acids is 1. The number of esters is 2. The topological polar surface area (TPSA) is 296 Å². The average molecular weight is 1120 g/mol. The van der Waals surface area contributed by atoms with Gasteiger partial charge in [-0.1, -0.05) is 38.9 Å². The van der Waals surface area contributed by atoms with Crippen LogP contribution in [0.25, 0.3) is 10.9 Å². The highest BCUT2D eigenvalue weighted by atomic mass is 16.7. The van der Waals surface area contributed by atoms with Crippen molar-refractivity contribution >= 4 is 34.5 Å². The molecule has 1 aromatic carbocycles. The molecule has 0 aliphatic carbocycles. The maximum Gasteiger partial charge on any atom is 0.341 e. The molecule has 3 aliphatic heterocycles. The van der Waals surface area contributed by atoms with Gasteiger partial charge in [0.15, 0.2) is 18.7 Å². The van der Waals surface area contributed by atoms with E-state index in [0.717, 1.165) is 5.56 Å². The summed E-state index contributed by atoms with van der Waals surface area (Å²) in [5, 5.41) is 75.1. The molecule has 0 amide bonds. The van der Waals surface area contributed by atoms with Crippen LogP contribution >= 0.6 is 0 Å². The largest absolute Gasteiger partial charge is 0.477 e. The van der Waals surface area contributed by atoms with E-state index in [4.69, 9.17) is 37.9 Å².